The van der Waals surface area contributed by atoms with Gasteiger partial charge >= 0.3 is 0 Å². The number of anilines is 2. The van der Waals surface area contributed by atoms with Crippen molar-refractivity contribution in [3.8, 4) is 0 Å². The molecule has 1 saturated heterocycles. The third-order valence-corrected chi connectivity index (χ3v) is 3.98. The van der Waals surface area contributed by atoms with E-state index in [1.165, 1.54) is 11.0 Å². The van der Waals surface area contributed by atoms with Gasteiger partial charge in [-0.1, -0.05) is 11.6 Å². The summed E-state index contributed by atoms with van der Waals surface area (Å²) in [4.78, 5) is 17.2. The number of carbonyl (C=O) groups is 1. The Bertz CT molecular complexity index is 619. The summed E-state index contributed by atoms with van der Waals surface area (Å²) in [6, 6.07) is 3.11. The number of halogens is 1. The molecule has 1 unspecified atom stereocenters. The molecule has 2 rings (SSSR count). The van der Waals surface area contributed by atoms with E-state index in [4.69, 9.17) is 22.5 Å². The molecule has 0 aromatic carbocycles. The Kier molecular flexibility index (Phi) is 3.66. The lowest BCUT2D eigenvalue weighted by atomic mass is 10.1. The fourth-order valence-corrected chi connectivity index (χ4v) is 3.16. The predicted octanol–water partition coefficient (Wildman–Crippen LogP) is -0.0414. The second-order valence-corrected chi connectivity index (χ2v) is 6.49. The number of nitrogens with zero attached hydrogens (tertiary/aromatic N) is 2. The number of carbonyl (C=O) groups excluding carboxylic acids is 1. The van der Waals surface area contributed by atoms with Gasteiger partial charge in [-0.15, -0.1) is 0 Å². The molecule has 4 N–H and O–H groups in total. The number of primary sulfonamides is 1. The van der Waals surface area contributed by atoms with Gasteiger partial charge < -0.3 is 10.6 Å². The van der Waals surface area contributed by atoms with Crippen molar-refractivity contribution in [3.63, 3.8) is 0 Å². The van der Waals surface area contributed by atoms with Gasteiger partial charge in [0.2, 0.25) is 15.9 Å². The van der Waals surface area contributed by atoms with Gasteiger partial charge in [-0.25, -0.2) is 18.5 Å². The minimum absolute atomic E-state index is 0.124. The van der Waals surface area contributed by atoms with Crippen LogP contribution in [0.5, 0.6) is 0 Å². The summed E-state index contributed by atoms with van der Waals surface area (Å²) in [6.45, 7) is 0.253. The van der Waals surface area contributed by atoms with E-state index in [2.05, 4.69) is 4.98 Å². The van der Waals surface area contributed by atoms with E-state index >= 15 is 0 Å². The number of amides is 1. The molecule has 1 aromatic rings. The summed E-state index contributed by atoms with van der Waals surface area (Å²) in [5.41, 5.74) is 6.14. The van der Waals surface area contributed by atoms with E-state index in [9.17, 15) is 13.2 Å². The summed E-state index contributed by atoms with van der Waals surface area (Å²) in [5, 5.41) is 5.21. The lowest BCUT2D eigenvalue weighted by molar-refractivity contribution is -0.117. The molecule has 1 atom stereocenters. The molecule has 7 nitrogen and oxygen atoms in total. The number of nitrogens with two attached hydrogens (primary N) is 2. The first-order valence-corrected chi connectivity index (χ1v) is 7.58. The fraction of sp³-hybridized carbons (Fsp3) is 0.400. The number of sulfonamides is 1. The van der Waals surface area contributed by atoms with Crippen LogP contribution in [0.1, 0.15) is 6.42 Å². The molecule has 1 aromatic heterocycles. The Morgan fingerprint density at radius 1 is 1.47 bits per heavy atom. The average Bonchev–Trinajstić information content (AvgIpc) is 2.56. The summed E-state index contributed by atoms with van der Waals surface area (Å²) < 4.78 is 22.1. The van der Waals surface area contributed by atoms with Crippen LogP contribution in [0.2, 0.25) is 5.15 Å². The monoisotopic (exact) mass is 304 g/mol. The van der Waals surface area contributed by atoms with E-state index in [0.29, 0.717) is 5.69 Å². The molecule has 2 heterocycles. The van der Waals surface area contributed by atoms with E-state index in [0.717, 1.165) is 0 Å². The number of hydrogen-bond acceptors (Lipinski definition) is 5. The van der Waals surface area contributed by atoms with Crippen molar-refractivity contribution in [3.05, 3.63) is 17.3 Å². The highest BCUT2D eigenvalue weighted by Crippen LogP contribution is 2.30. The van der Waals surface area contributed by atoms with Crippen LogP contribution in [0.4, 0.5) is 11.5 Å². The molecule has 0 radical (unpaired) electrons. The molecule has 19 heavy (non-hydrogen) atoms. The molecular formula is C10H13ClN4O3S. The normalized spacial score (nSPS) is 20.0. The average molecular weight is 305 g/mol. The Labute approximate surface area is 115 Å². The van der Waals surface area contributed by atoms with E-state index in [-0.39, 0.29) is 41.5 Å². The van der Waals surface area contributed by atoms with Crippen molar-refractivity contribution in [2.45, 2.75) is 6.42 Å². The maximum atomic E-state index is 11.9. The SMILES string of the molecule is Nc1nc(Cl)ccc1N1CC(CS(N)(=O)=O)CC1=O. The third kappa shape index (κ3) is 3.34. The molecule has 0 spiro atoms. The number of pyridine rings is 1. The zero-order valence-electron chi connectivity index (χ0n) is 9.91. The number of aromatic nitrogens is 1. The van der Waals surface area contributed by atoms with Gasteiger partial charge in [0.1, 0.15) is 11.0 Å². The van der Waals surface area contributed by atoms with Crippen molar-refractivity contribution in [2.24, 2.45) is 11.1 Å². The smallest absolute Gasteiger partial charge is 0.227 e. The number of rotatable bonds is 3. The number of hydrogen-bond donors (Lipinski definition) is 2. The lowest BCUT2D eigenvalue weighted by Gasteiger charge is -2.18. The van der Waals surface area contributed by atoms with Crippen molar-refractivity contribution in [2.75, 3.05) is 22.9 Å². The highest BCUT2D eigenvalue weighted by Gasteiger charge is 2.33. The Morgan fingerprint density at radius 2 is 2.16 bits per heavy atom. The minimum atomic E-state index is -3.60. The standard InChI is InChI=1S/C10H13ClN4O3S/c11-8-2-1-7(10(12)14-8)15-4-6(3-9(15)16)5-19(13,17)18/h1-2,6H,3-5H2,(H2,12,14)(H2,13,17,18). The van der Waals surface area contributed by atoms with Crippen LogP contribution in [0, 0.1) is 5.92 Å². The van der Waals surface area contributed by atoms with Crippen molar-refractivity contribution in [1.82, 2.24) is 4.98 Å². The van der Waals surface area contributed by atoms with Crippen molar-refractivity contribution < 1.29 is 13.2 Å². The first kappa shape index (κ1) is 14.0. The first-order chi connectivity index (χ1) is 8.76. The quantitative estimate of drug-likeness (QED) is 0.759. The Hall–Kier alpha value is -1.38. The zero-order chi connectivity index (χ0) is 14.2. The van der Waals surface area contributed by atoms with Gasteiger partial charge in [0.05, 0.1) is 11.4 Å². The summed E-state index contributed by atoms with van der Waals surface area (Å²) in [5.74, 6) is -0.630. The number of nitrogen functional groups attached to an aromatic ring is 1. The van der Waals surface area contributed by atoms with Gasteiger partial charge in [0.25, 0.3) is 0 Å². The summed E-state index contributed by atoms with van der Waals surface area (Å²) >= 11 is 5.69. The van der Waals surface area contributed by atoms with Crippen LogP contribution >= 0.6 is 11.6 Å². The van der Waals surface area contributed by atoms with E-state index < -0.39 is 10.0 Å². The second-order valence-electron chi connectivity index (χ2n) is 4.44. The van der Waals surface area contributed by atoms with Crippen LogP contribution in [-0.4, -0.2) is 31.6 Å². The summed E-state index contributed by atoms with van der Waals surface area (Å²) in [6.07, 6.45) is 0.124. The van der Waals surface area contributed by atoms with Crippen LogP contribution in [0.25, 0.3) is 0 Å². The molecule has 0 saturated carbocycles. The van der Waals surface area contributed by atoms with Crippen LogP contribution in [0.3, 0.4) is 0 Å². The minimum Gasteiger partial charge on any atom is -0.382 e. The molecule has 1 fully saturated rings. The van der Waals surface area contributed by atoms with Gasteiger partial charge in [-0.05, 0) is 12.1 Å². The fourth-order valence-electron chi connectivity index (χ4n) is 2.13. The zero-order valence-corrected chi connectivity index (χ0v) is 11.5. The van der Waals surface area contributed by atoms with Crippen LogP contribution < -0.4 is 15.8 Å². The van der Waals surface area contributed by atoms with Crippen LogP contribution in [-0.2, 0) is 14.8 Å². The molecule has 1 aliphatic rings. The molecule has 1 amide bonds. The largest absolute Gasteiger partial charge is 0.382 e. The first-order valence-electron chi connectivity index (χ1n) is 5.49. The summed E-state index contributed by atoms with van der Waals surface area (Å²) in [7, 11) is -3.60. The van der Waals surface area contributed by atoms with Gasteiger partial charge in [-0.3, -0.25) is 4.79 Å². The molecule has 0 aliphatic carbocycles. The molecule has 1 aliphatic heterocycles. The second kappa shape index (κ2) is 4.95. The molecule has 0 bridgehead atoms. The maximum absolute atomic E-state index is 11.9. The topological polar surface area (TPSA) is 119 Å². The van der Waals surface area contributed by atoms with Crippen LogP contribution in [0.15, 0.2) is 12.1 Å². The Balaban J connectivity index is 2.20. The van der Waals surface area contributed by atoms with Crippen molar-refractivity contribution >= 4 is 39.0 Å². The van der Waals surface area contributed by atoms with Gasteiger partial charge in [0, 0.05) is 18.9 Å². The Morgan fingerprint density at radius 3 is 2.74 bits per heavy atom. The molecular weight excluding hydrogens is 292 g/mol. The molecule has 9 heteroatoms. The van der Waals surface area contributed by atoms with Gasteiger partial charge in [-0.2, -0.15) is 0 Å². The highest BCUT2D eigenvalue weighted by atomic mass is 35.5. The van der Waals surface area contributed by atoms with Crippen molar-refractivity contribution in [1.29, 1.82) is 0 Å². The predicted molar refractivity (Wildman–Crippen MR) is 72.1 cm³/mol. The maximum Gasteiger partial charge on any atom is 0.227 e. The van der Waals surface area contributed by atoms with Gasteiger partial charge in [0.15, 0.2) is 0 Å². The lowest BCUT2D eigenvalue weighted by Crippen LogP contribution is -2.28. The van der Waals surface area contributed by atoms with E-state index in [1.807, 2.05) is 0 Å². The third-order valence-electron chi connectivity index (χ3n) is 2.83. The van der Waals surface area contributed by atoms with E-state index in [1.54, 1.807) is 6.07 Å². The molecule has 104 valence electrons. The highest BCUT2D eigenvalue weighted by molar-refractivity contribution is 7.89.